The van der Waals surface area contributed by atoms with Gasteiger partial charge in [0, 0.05) is 22.4 Å². The second kappa shape index (κ2) is 10.8. The molecule has 0 atom stereocenters. The Morgan fingerprint density at radius 2 is 1.50 bits per heavy atom. The Bertz CT molecular complexity index is 1150. The average Bonchev–Trinajstić information content (AvgIpc) is 2.82. The topological polar surface area (TPSA) is 92.8 Å². The SMILES string of the molecule is CCOC(=O)CNC(=O)c1ccc(S(=O)(=O)N(Sc2ccccc2)c2ccccc2)cc1. The Morgan fingerprint density at radius 1 is 0.906 bits per heavy atom. The number of sulfonamides is 1. The van der Waals surface area contributed by atoms with E-state index in [1.807, 2.05) is 36.4 Å². The summed E-state index contributed by atoms with van der Waals surface area (Å²) in [5.74, 6) is -1.04. The number of nitrogens with one attached hydrogen (secondary N) is 1. The van der Waals surface area contributed by atoms with E-state index in [0.717, 1.165) is 16.8 Å². The molecular formula is C23H22N2O5S2. The molecule has 3 rings (SSSR count). The van der Waals surface area contributed by atoms with Crippen molar-refractivity contribution in [3.63, 3.8) is 0 Å². The fourth-order valence-electron chi connectivity index (χ4n) is 2.71. The molecular weight excluding hydrogens is 448 g/mol. The second-order valence-corrected chi connectivity index (χ2v) is 9.52. The number of hydrogen-bond acceptors (Lipinski definition) is 6. The van der Waals surface area contributed by atoms with Crippen molar-refractivity contribution in [2.45, 2.75) is 16.7 Å². The van der Waals surface area contributed by atoms with Crippen LogP contribution < -0.4 is 9.03 Å². The number of nitrogens with zero attached hydrogens (tertiary/aromatic N) is 1. The van der Waals surface area contributed by atoms with Gasteiger partial charge >= 0.3 is 5.97 Å². The Hall–Kier alpha value is -3.30. The lowest BCUT2D eigenvalue weighted by Crippen LogP contribution is -2.30. The van der Waals surface area contributed by atoms with Gasteiger partial charge in [-0.1, -0.05) is 36.4 Å². The predicted molar refractivity (Wildman–Crippen MR) is 124 cm³/mol. The monoisotopic (exact) mass is 470 g/mol. The standard InChI is InChI=1S/C23H22N2O5S2/c1-2-30-22(26)17-24-23(27)18-13-15-21(16-14-18)32(28,29)25(19-9-5-3-6-10-19)31-20-11-7-4-8-12-20/h3-16H,2,17H2,1H3,(H,24,27). The third-order valence-electron chi connectivity index (χ3n) is 4.23. The minimum absolute atomic E-state index is 0.0340. The average molecular weight is 471 g/mol. The maximum absolute atomic E-state index is 13.4. The summed E-state index contributed by atoms with van der Waals surface area (Å²) in [5.41, 5.74) is 0.729. The van der Waals surface area contributed by atoms with E-state index >= 15 is 0 Å². The van der Waals surface area contributed by atoms with Crippen LogP contribution in [-0.2, 0) is 19.6 Å². The molecule has 0 heterocycles. The van der Waals surface area contributed by atoms with Crippen LogP contribution in [0.5, 0.6) is 0 Å². The number of esters is 1. The summed E-state index contributed by atoms with van der Waals surface area (Å²) in [6.07, 6.45) is 0. The van der Waals surface area contributed by atoms with E-state index in [4.69, 9.17) is 4.74 Å². The van der Waals surface area contributed by atoms with Gasteiger partial charge in [-0.15, -0.1) is 0 Å². The summed E-state index contributed by atoms with van der Waals surface area (Å²) in [5, 5.41) is 2.45. The molecule has 0 fully saturated rings. The molecule has 0 unspecified atom stereocenters. The zero-order valence-electron chi connectivity index (χ0n) is 17.3. The molecule has 9 heteroatoms. The number of rotatable bonds is 9. The highest BCUT2D eigenvalue weighted by molar-refractivity contribution is 8.14. The van der Waals surface area contributed by atoms with E-state index in [2.05, 4.69) is 5.32 Å². The molecule has 166 valence electrons. The van der Waals surface area contributed by atoms with Crippen molar-refractivity contribution in [1.29, 1.82) is 0 Å². The summed E-state index contributed by atoms with van der Waals surface area (Å²) < 4.78 is 32.9. The van der Waals surface area contributed by atoms with Gasteiger partial charge in [0.2, 0.25) is 0 Å². The zero-order chi connectivity index (χ0) is 23.0. The fourth-order valence-corrected chi connectivity index (χ4v) is 5.38. The predicted octanol–water partition coefficient (Wildman–Crippen LogP) is 3.88. The number of ether oxygens (including phenoxy) is 1. The van der Waals surface area contributed by atoms with Crippen LogP contribution in [0, 0.1) is 0 Å². The number of amides is 1. The molecule has 0 radical (unpaired) electrons. The zero-order valence-corrected chi connectivity index (χ0v) is 18.9. The molecule has 0 aliphatic rings. The molecule has 0 saturated heterocycles. The van der Waals surface area contributed by atoms with Crippen LogP contribution in [0.4, 0.5) is 5.69 Å². The van der Waals surface area contributed by atoms with Crippen LogP contribution in [0.3, 0.4) is 0 Å². The molecule has 1 N–H and O–H groups in total. The van der Waals surface area contributed by atoms with E-state index < -0.39 is 21.9 Å². The van der Waals surface area contributed by atoms with Gasteiger partial charge in [0.15, 0.2) is 0 Å². The largest absolute Gasteiger partial charge is 0.465 e. The molecule has 3 aromatic rings. The van der Waals surface area contributed by atoms with Crippen molar-refractivity contribution in [3.05, 3.63) is 90.5 Å². The Kier molecular flexibility index (Phi) is 7.91. The first kappa shape index (κ1) is 23.4. The first-order chi connectivity index (χ1) is 15.4. The van der Waals surface area contributed by atoms with E-state index in [-0.39, 0.29) is 23.6 Å². The van der Waals surface area contributed by atoms with Gasteiger partial charge in [0.25, 0.3) is 15.9 Å². The number of hydrogen-bond donors (Lipinski definition) is 1. The molecule has 7 nitrogen and oxygen atoms in total. The smallest absolute Gasteiger partial charge is 0.325 e. The minimum atomic E-state index is -3.94. The summed E-state index contributed by atoms with van der Waals surface area (Å²) >= 11 is 1.08. The van der Waals surface area contributed by atoms with Crippen molar-refractivity contribution >= 4 is 39.5 Å². The Morgan fingerprint density at radius 3 is 2.09 bits per heavy atom. The van der Waals surface area contributed by atoms with Gasteiger partial charge < -0.3 is 10.1 Å². The molecule has 0 saturated carbocycles. The maximum atomic E-state index is 13.4. The van der Waals surface area contributed by atoms with Crippen molar-refractivity contribution in [1.82, 2.24) is 5.32 Å². The van der Waals surface area contributed by atoms with Crippen LogP contribution in [0.1, 0.15) is 17.3 Å². The molecule has 0 bridgehead atoms. The number of carbonyl (C=O) groups is 2. The van der Waals surface area contributed by atoms with Gasteiger partial charge in [-0.05, 0) is 55.5 Å². The van der Waals surface area contributed by atoms with Gasteiger partial charge in [-0.2, -0.15) is 0 Å². The van der Waals surface area contributed by atoms with Gasteiger partial charge in [0.05, 0.1) is 17.2 Å². The van der Waals surface area contributed by atoms with Crippen LogP contribution in [0.2, 0.25) is 0 Å². The van der Waals surface area contributed by atoms with Crippen molar-refractivity contribution in [2.24, 2.45) is 0 Å². The van der Waals surface area contributed by atoms with E-state index in [1.165, 1.54) is 28.0 Å². The maximum Gasteiger partial charge on any atom is 0.325 e. The lowest BCUT2D eigenvalue weighted by atomic mass is 10.2. The van der Waals surface area contributed by atoms with Crippen LogP contribution in [0.15, 0.2) is 94.7 Å². The molecule has 0 spiro atoms. The Balaban J connectivity index is 1.83. The highest BCUT2D eigenvalue weighted by atomic mass is 32.3. The van der Waals surface area contributed by atoms with E-state index in [1.54, 1.807) is 31.2 Å². The van der Waals surface area contributed by atoms with Crippen LogP contribution in [0.25, 0.3) is 0 Å². The molecule has 0 aliphatic heterocycles. The lowest BCUT2D eigenvalue weighted by molar-refractivity contribution is -0.141. The lowest BCUT2D eigenvalue weighted by Gasteiger charge is -2.23. The molecule has 0 aromatic heterocycles. The van der Waals surface area contributed by atoms with Crippen molar-refractivity contribution in [2.75, 3.05) is 16.9 Å². The van der Waals surface area contributed by atoms with Gasteiger partial charge in [0.1, 0.15) is 6.54 Å². The molecule has 3 aromatic carbocycles. The quantitative estimate of drug-likeness (QED) is 0.377. The van der Waals surface area contributed by atoms with E-state index in [9.17, 15) is 18.0 Å². The third kappa shape index (κ3) is 5.89. The molecule has 1 amide bonds. The number of benzene rings is 3. The van der Waals surface area contributed by atoms with Gasteiger partial charge in [-0.25, -0.2) is 12.1 Å². The summed E-state index contributed by atoms with van der Waals surface area (Å²) in [7, 11) is -3.94. The van der Waals surface area contributed by atoms with Crippen LogP contribution >= 0.6 is 11.9 Å². The number of anilines is 1. The first-order valence-corrected chi connectivity index (χ1v) is 12.0. The summed E-state index contributed by atoms with van der Waals surface area (Å²) in [4.78, 5) is 24.4. The van der Waals surface area contributed by atoms with Crippen molar-refractivity contribution in [3.8, 4) is 0 Å². The number of para-hydroxylation sites is 1. The van der Waals surface area contributed by atoms with Gasteiger partial charge in [-0.3, -0.25) is 9.59 Å². The second-order valence-electron chi connectivity index (χ2n) is 6.48. The Labute approximate surface area is 191 Å². The van der Waals surface area contributed by atoms with E-state index in [0.29, 0.717) is 5.69 Å². The molecule has 0 aliphatic carbocycles. The summed E-state index contributed by atoms with van der Waals surface area (Å²) in [6.45, 7) is 1.64. The third-order valence-corrected chi connectivity index (χ3v) is 7.42. The molecule has 32 heavy (non-hydrogen) atoms. The normalized spacial score (nSPS) is 10.9. The summed E-state index contributed by atoms with van der Waals surface area (Å²) in [6, 6.07) is 23.5. The highest BCUT2D eigenvalue weighted by Crippen LogP contribution is 2.34. The fraction of sp³-hybridized carbons (Fsp3) is 0.130. The minimum Gasteiger partial charge on any atom is -0.465 e. The number of carbonyl (C=O) groups excluding carboxylic acids is 2. The van der Waals surface area contributed by atoms with Crippen molar-refractivity contribution < 1.29 is 22.7 Å². The van der Waals surface area contributed by atoms with Crippen LogP contribution in [-0.4, -0.2) is 33.4 Å². The first-order valence-electron chi connectivity index (χ1n) is 9.79. The highest BCUT2D eigenvalue weighted by Gasteiger charge is 2.26.